The molecule has 0 aromatic heterocycles. The second kappa shape index (κ2) is 11.7. The monoisotopic (exact) mass is 273 g/mol. The van der Waals surface area contributed by atoms with E-state index in [1.54, 1.807) is 14.2 Å². The molecule has 0 aromatic carbocycles. The molecule has 0 radical (unpaired) electrons. The molecule has 0 bridgehead atoms. The third-order valence-corrected chi connectivity index (χ3v) is 4.10. The Morgan fingerprint density at radius 3 is 2.05 bits per heavy atom. The number of unbranched alkanes of at least 4 members (excludes halogenated alkanes) is 5. The fraction of sp³-hybridized carbons (Fsp3) is 1.00. The topological polar surface area (TPSA) is 30.5 Å². The molecule has 0 aliphatic carbocycles. The van der Waals surface area contributed by atoms with Gasteiger partial charge in [0.1, 0.15) is 0 Å². The summed E-state index contributed by atoms with van der Waals surface area (Å²) in [6.07, 6.45) is 9.17. The summed E-state index contributed by atoms with van der Waals surface area (Å²) in [5.41, 5.74) is 0. The summed E-state index contributed by atoms with van der Waals surface area (Å²) in [5, 5.41) is 3.42. The zero-order valence-corrected chi connectivity index (χ0v) is 13.8. The van der Waals surface area contributed by atoms with Crippen molar-refractivity contribution in [3.05, 3.63) is 0 Å². The van der Waals surface area contributed by atoms with Crippen molar-refractivity contribution in [3.63, 3.8) is 0 Å². The molecule has 0 spiro atoms. The number of hydrogen-bond acceptors (Lipinski definition) is 3. The van der Waals surface area contributed by atoms with E-state index in [2.05, 4.69) is 19.2 Å². The van der Waals surface area contributed by atoms with Crippen LogP contribution in [-0.4, -0.2) is 33.1 Å². The Hall–Kier alpha value is -0.120. The van der Waals surface area contributed by atoms with Crippen molar-refractivity contribution in [2.75, 3.05) is 27.3 Å². The third kappa shape index (κ3) is 7.91. The molecule has 0 fully saturated rings. The molecule has 3 nitrogen and oxygen atoms in total. The SMILES string of the molecule is CCCCCCCCC(CNCC)C(C)(OC)OC. The van der Waals surface area contributed by atoms with Crippen molar-refractivity contribution in [3.8, 4) is 0 Å². The largest absolute Gasteiger partial charge is 0.353 e. The first-order chi connectivity index (χ1) is 9.14. The number of ether oxygens (including phenoxy) is 2. The first kappa shape index (κ1) is 18.9. The predicted octanol–water partition coefficient (Wildman–Crippen LogP) is 3.97. The molecule has 0 saturated heterocycles. The summed E-state index contributed by atoms with van der Waals surface area (Å²) in [6.45, 7) is 8.40. The number of hydrogen-bond donors (Lipinski definition) is 1. The van der Waals surface area contributed by atoms with E-state index in [9.17, 15) is 0 Å². The maximum Gasteiger partial charge on any atom is 0.168 e. The van der Waals surface area contributed by atoms with Crippen LogP contribution in [0.4, 0.5) is 0 Å². The summed E-state index contributed by atoms with van der Waals surface area (Å²) in [4.78, 5) is 0. The van der Waals surface area contributed by atoms with Gasteiger partial charge in [-0.1, -0.05) is 52.4 Å². The van der Waals surface area contributed by atoms with Gasteiger partial charge in [0.2, 0.25) is 0 Å². The second-order valence-corrected chi connectivity index (χ2v) is 5.49. The van der Waals surface area contributed by atoms with Crippen LogP contribution in [0.15, 0.2) is 0 Å². The lowest BCUT2D eigenvalue weighted by Crippen LogP contribution is -2.44. The highest BCUT2D eigenvalue weighted by Crippen LogP contribution is 2.27. The maximum absolute atomic E-state index is 5.58. The maximum atomic E-state index is 5.58. The molecule has 1 atom stereocenters. The van der Waals surface area contributed by atoms with E-state index < -0.39 is 5.79 Å². The van der Waals surface area contributed by atoms with E-state index in [0.29, 0.717) is 5.92 Å². The standard InChI is InChI=1S/C16H35NO2/c1-6-8-9-10-11-12-13-15(14-17-7-2)16(3,18-4)19-5/h15,17H,6-14H2,1-5H3. The Balaban J connectivity index is 4.05. The average Bonchev–Trinajstić information content (AvgIpc) is 2.45. The Kier molecular flexibility index (Phi) is 11.6. The first-order valence-electron chi connectivity index (χ1n) is 7.95. The van der Waals surface area contributed by atoms with Gasteiger partial charge in [-0.25, -0.2) is 0 Å². The Morgan fingerprint density at radius 2 is 1.53 bits per heavy atom. The average molecular weight is 273 g/mol. The molecule has 3 heteroatoms. The van der Waals surface area contributed by atoms with Gasteiger partial charge in [-0.15, -0.1) is 0 Å². The molecule has 1 unspecified atom stereocenters. The second-order valence-electron chi connectivity index (χ2n) is 5.49. The van der Waals surface area contributed by atoms with Crippen LogP contribution in [0, 0.1) is 5.92 Å². The summed E-state index contributed by atoms with van der Waals surface area (Å²) < 4.78 is 11.2. The van der Waals surface area contributed by atoms with Crippen LogP contribution in [-0.2, 0) is 9.47 Å². The van der Waals surface area contributed by atoms with E-state index in [4.69, 9.17) is 9.47 Å². The highest BCUT2D eigenvalue weighted by atomic mass is 16.7. The van der Waals surface area contributed by atoms with Crippen LogP contribution in [0.1, 0.15) is 65.7 Å². The van der Waals surface area contributed by atoms with Crippen LogP contribution in [0.5, 0.6) is 0 Å². The van der Waals surface area contributed by atoms with Crippen molar-refractivity contribution >= 4 is 0 Å². The van der Waals surface area contributed by atoms with Crippen LogP contribution in [0.2, 0.25) is 0 Å². The Labute approximate surface area is 120 Å². The summed E-state index contributed by atoms with van der Waals surface area (Å²) in [5.74, 6) is -0.0559. The lowest BCUT2D eigenvalue weighted by Gasteiger charge is -2.35. The van der Waals surface area contributed by atoms with Gasteiger partial charge in [0, 0.05) is 26.7 Å². The van der Waals surface area contributed by atoms with E-state index in [0.717, 1.165) is 19.5 Å². The molecule has 19 heavy (non-hydrogen) atoms. The van der Waals surface area contributed by atoms with Gasteiger partial charge in [-0.05, 0) is 19.9 Å². The van der Waals surface area contributed by atoms with Gasteiger partial charge < -0.3 is 14.8 Å². The van der Waals surface area contributed by atoms with Crippen LogP contribution < -0.4 is 5.32 Å². The molecule has 0 aliphatic heterocycles. The molecule has 0 amide bonds. The van der Waals surface area contributed by atoms with Crippen LogP contribution >= 0.6 is 0 Å². The van der Waals surface area contributed by atoms with Gasteiger partial charge >= 0.3 is 0 Å². The van der Waals surface area contributed by atoms with Crippen molar-refractivity contribution in [1.82, 2.24) is 5.32 Å². The van der Waals surface area contributed by atoms with E-state index >= 15 is 0 Å². The quantitative estimate of drug-likeness (QED) is 0.407. The minimum absolute atomic E-state index is 0.411. The molecular weight excluding hydrogens is 238 g/mol. The summed E-state index contributed by atoms with van der Waals surface area (Å²) in [7, 11) is 3.48. The molecular formula is C16H35NO2. The van der Waals surface area contributed by atoms with Gasteiger partial charge in [0.25, 0.3) is 0 Å². The van der Waals surface area contributed by atoms with Crippen molar-refractivity contribution < 1.29 is 9.47 Å². The Bertz CT molecular complexity index is 193. The number of nitrogens with one attached hydrogen (secondary N) is 1. The fourth-order valence-corrected chi connectivity index (χ4v) is 2.46. The number of methoxy groups -OCH3 is 2. The Morgan fingerprint density at radius 1 is 0.947 bits per heavy atom. The number of rotatable bonds is 13. The van der Waals surface area contributed by atoms with Crippen molar-refractivity contribution in [2.24, 2.45) is 5.92 Å². The fourth-order valence-electron chi connectivity index (χ4n) is 2.46. The minimum atomic E-state index is -0.467. The van der Waals surface area contributed by atoms with Gasteiger partial charge in [-0.2, -0.15) is 0 Å². The highest BCUT2D eigenvalue weighted by molar-refractivity contribution is 4.77. The molecule has 0 aromatic rings. The first-order valence-corrected chi connectivity index (χ1v) is 7.95. The molecule has 0 aliphatic rings. The van der Waals surface area contributed by atoms with Crippen LogP contribution in [0.3, 0.4) is 0 Å². The molecule has 0 rings (SSSR count). The van der Waals surface area contributed by atoms with Gasteiger partial charge in [0.05, 0.1) is 0 Å². The van der Waals surface area contributed by atoms with E-state index in [1.165, 1.54) is 38.5 Å². The van der Waals surface area contributed by atoms with Crippen molar-refractivity contribution in [2.45, 2.75) is 71.5 Å². The lowest BCUT2D eigenvalue weighted by atomic mass is 9.92. The van der Waals surface area contributed by atoms with Gasteiger partial charge in [-0.3, -0.25) is 0 Å². The summed E-state index contributed by atoms with van der Waals surface area (Å²) >= 11 is 0. The van der Waals surface area contributed by atoms with Crippen LogP contribution in [0.25, 0.3) is 0 Å². The normalized spacial score (nSPS) is 13.7. The van der Waals surface area contributed by atoms with E-state index in [1.807, 2.05) is 6.92 Å². The van der Waals surface area contributed by atoms with E-state index in [-0.39, 0.29) is 0 Å². The minimum Gasteiger partial charge on any atom is -0.353 e. The predicted molar refractivity (Wildman–Crippen MR) is 82.4 cm³/mol. The van der Waals surface area contributed by atoms with Gasteiger partial charge in [0.15, 0.2) is 5.79 Å². The zero-order valence-electron chi connectivity index (χ0n) is 13.8. The lowest BCUT2D eigenvalue weighted by molar-refractivity contribution is -0.227. The van der Waals surface area contributed by atoms with Crippen molar-refractivity contribution in [1.29, 1.82) is 0 Å². The summed E-state index contributed by atoms with van der Waals surface area (Å²) in [6, 6.07) is 0. The zero-order chi connectivity index (χ0) is 14.6. The third-order valence-electron chi connectivity index (χ3n) is 4.10. The molecule has 0 heterocycles. The smallest absolute Gasteiger partial charge is 0.168 e. The molecule has 1 N–H and O–H groups in total. The highest BCUT2D eigenvalue weighted by Gasteiger charge is 2.33. The molecule has 116 valence electrons. The molecule has 0 saturated carbocycles.